The zero-order chi connectivity index (χ0) is 9.14. The Morgan fingerprint density at radius 1 is 1.50 bits per heavy atom. The summed E-state index contributed by atoms with van der Waals surface area (Å²) in [5, 5.41) is 0.136. The van der Waals surface area contributed by atoms with Crippen LogP contribution in [0.15, 0.2) is 18.2 Å². The van der Waals surface area contributed by atoms with Crippen LogP contribution in [-0.4, -0.2) is 7.11 Å². The molecule has 0 radical (unpaired) electrons. The number of hydrogen-bond donors (Lipinski definition) is 0. The van der Waals surface area contributed by atoms with Crippen molar-refractivity contribution < 1.29 is 9.13 Å². The molecule has 0 aliphatic heterocycles. The van der Waals surface area contributed by atoms with Crippen molar-refractivity contribution in [2.24, 2.45) is 0 Å². The summed E-state index contributed by atoms with van der Waals surface area (Å²) in [6, 6.07) is 4.58. The Bertz CT molecular complexity index is 275. The van der Waals surface area contributed by atoms with Gasteiger partial charge in [-0.2, -0.15) is 0 Å². The van der Waals surface area contributed by atoms with Crippen molar-refractivity contribution in [3.63, 3.8) is 0 Å². The number of benzene rings is 1. The highest BCUT2D eigenvalue weighted by Gasteiger charge is 2.06. The van der Waals surface area contributed by atoms with Gasteiger partial charge >= 0.3 is 0 Å². The average Bonchev–Trinajstić information content (AvgIpc) is 2.08. The first kappa shape index (κ1) is 9.49. The average molecular weight is 189 g/mol. The van der Waals surface area contributed by atoms with E-state index in [9.17, 15) is 4.39 Å². The van der Waals surface area contributed by atoms with Crippen LogP contribution in [0, 0.1) is 5.82 Å². The van der Waals surface area contributed by atoms with E-state index in [4.69, 9.17) is 16.3 Å². The van der Waals surface area contributed by atoms with Crippen LogP contribution < -0.4 is 0 Å². The standard InChI is InChI=1S/C9H10ClFO/c1-6(12-2)7-3-4-9(11)8(10)5-7/h3-6H,1-2H3. The van der Waals surface area contributed by atoms with Gasteiger partial charge in [0.25, 0.3) is 0 Å². The zero-order valence-electron chi connectivity index (χ0n) is 6.97. The normalized spacial score (nSPS) is 13.0. The summed E-state index contributed by atoms with van der Waals surface area (Å²) < 4.78 is 17.7. The second-order valence-corrected chi connectivity index (χ2v) is 2.96. The highest BCUT2D eigenvalue weighted by molar-refractivity contribution is 6.30. The van der Waals surface area contributed by atoms with Gasteiger partial charge in [0.1, 0.15) is 5.82 Å². The summed E-state index contributed by atoms with van der Waals surface area (Å²) >= 11 is 5.58. The molecule has 3 heteroatoms. The summed E-state index contributed by atoms with van der Waals surface area (Å²) in [6.45, 7) is 1.88. The maximum Gasteiger partial charge on any atom is 0.141 e. The molecule has 0 amide bonds. The summed E-state index contributed by atoms with van der Waals surface area (Å²) in [4.78, 5) is 0. The second kappa shape index (κ2) is 3.87. The van der Waals surface area contributed by atoms with Crippen molar-refractivity contribution in [3.05, 3.63) is 34.6 Å². The predicted molar refractivity (Wildman–Crippen MR) is 46.8 cm³/mol. The molecule has 0 aliphatic rings. The second-order valence-electron chi connectivity index (χ2n) is 2.55. The number of ether oxygens (including phenoxy) is 1. The Labute approximate surface area is 76.1 Å². The first-order valence-corrected chi connectivity index (χ1v) is 4.00. The van der Waals surface area contributed by atoms with Gasteiger partial charge in [-0.05, 0) is 24.6 Å². The molecule has 0 heterocycles. The first-order chi connectivity index (χ1) is 5.65. The smallest absolute Gasteiger partial charge is 0.141 e. The van der Waals surface area contributed by atoms with Crippen molar-refractivity contribution in [3.8, 4) is 0 Å². The molecule has 1 aromatic rings. The molecular formula is C9H10ClFO. The van der Waals surface area contributed by atoms with Gasteiger partial charge in [0, 0.05) is 7.11 Å². The molecule has 0 fully saturated rings. The molecule has 0 bridgehead atoms. The van der Waals surface area contributed by atoms with Crippen molar-refractivity contribution in [2.75, 3.05) is 7.11 Å². The van der Waals surface area contributed by atoms with Crippen LogP contribution in [0.3, 0.4) is 0 Å². The monoisotopic (exact) mass is 188 g/mol. The van der Waals surface area contributed by atoms with Crippen LogP contribution in [0.1, 0.15) is 18.6 Å². The lowest BCUT2D eigenvalue weighted by Crippen LogP contribution is -1.95. The van der Waals surface area contributed by atoms with E-state index in [2.05, 4.69) is 0 Å². The third-order valence-electron chi connectivity index (χ3n) is 1.77. The van der Waals surface area contributed by atoms with Crippen LogP contribution >= 0.6 is 11.6 Å². The van der Waals surface area contributed by atoms with Gasteiger partial charge in [-0.1, -0.05) is 17.7 Å². The van der Waals surface area contributed by atoms with Crippen molar-refractivity contribution >= 4 is 11.6 Å². The Balaban J connectivity index is 2.96. The quantitative estimate of drug-likeness (QED) is 0.693. The third-order valence-corrected chi connectivity index (χ3v) is 2.06. The molecule has 0 aromatic heterocycles. The molecule has 0 spiro atoms. The molecule has 1 unspecified atom stereocenters. The molecule has 0 aliphatic carbocycles. The molecule has 0 N–H and O–H groups in total. The molecule has 1 nitrogen and oxygen atoms in total. The predicted octanol–water partition coefficient (Wildman–Crippen LogP) is 3.19. The zero-order valence-corrected chi connectivity index (χ0v) is 7.73. The highest BCUT2D eigenvalue weighted by Crippen LogP contribution is 2.21. The minimum absolute atomic E-state index is 0.0527. The van der Waals surface area contributed by atoms with Gasteiger partial charge in [-0.25, -0.2) is 4.39 Å². The topological polar surface area (TPSA) is 9.23 Å². The maximum absolute atomic E-state index is 12.7. The molecule has 66 valence electrons. The van der Waals surface area contributed by atoms with Gasteiger partial charge in [-0.15, -0.1) is 0 Å². The van der Waals surface area contributed by atoms with E-state index in [0.717, 1.165) is 5.56 Å². The number of hydrogen-bond acceptors (Lipinski definition) is 1. The molecule has 0 saturated heterocycles. The van der Waals surface area contributed by atoms with Gasteiger partial charge < -0.3 is 4.74 Å². The fourth-order valence-corrected chi connectivity index (χ4v) is 1.09. The lowest BCUT2D eigenvalue weighted by atomic mass is 10.1. The fraction of sp³-hybridized carbons (Fsp3) is 0.333. The van der Waals surface area contributed by atoms with Crippen LogP contribution in [0.4, 0.5) is 4.39 Å². The van der Waals surface area contributed by atoms with Crippen LogP contribution in [0.2, 0.25) is 5.02 Å². The minimum Gasteiger partial charge on any atom is -0.377 e. The molecular weight excluding hydrogens is 179 g/mol. The van der Waals surface area contributed by atoms with Crippen molar-refractivity contribution in [1.29, 1.82) is 0 Å². The summed E-state index contributed by atoms with van der Waals surface area (Å²) in [5.41, 5.74) is 0.879. The Morgan fingerprint density at radius 3 is 2.67 bits per heavy atom. The fourth-order valence-electron chi connectivity index (χ4n) is 0.901. The number of halogens is 2. The van der Waals surface area contributed by atoms with Crippen LogP contribution in [-0.2, 0) is 4.74 Å². The Hall–Kier alpha value is -0.600. The molecule has 12 heavy (non-hydrogen) atoms. The SMILES string of the molecule is COC(C)c1ccc(F)c(Cl)c1. The van der Waals surface area contributed by atoms with E-state index < -0.39 is 5.82 Å². The van der Waals surface area contributed by atoms with E-state index >= 15 is 0 Å². The van der Waals surface area contributed by atoms with Gasteiger partial charge in [0.15, 0.2) is 0 Å². The molecule has 0 saturated carbocycles. The lowest BCUT2D eigenvalue weighted by Gasteiger charge is -2.09. The van der Waals surface area contributed by atoms with E-state index in [-0.39, 0.29) is 11.1 Å². The number of methoxy groups -OCH3 is 1. The molecule has 1 aromatic carbocycles. The summed E-state index contributed by atoms with van der Waals surface area (Å²) in [5.74, 6) is -0.399. The Morgan fingerprint density at radius 2 is 2.17 bits per heavy atom. The Kier molecular flexibility index (Phi) is 3.06. The number of rotatable bonds is 2. The van der Waals surface area contributed by atoms with Crippen LogP contribution in [0.25, 0.3) is 0 Å². The van der Waals surface area contributed by atoms with Crippen molar-refractivity contribution in [1.82, 2.24) is 0 Å². The van der Waals surface area contributed by atoms with Gasteiger partial charge in [-0.3, -0.25) is 0 Å². The maximum atomic E-state index is 12.7. The van der Waals surface area contributed by atoms with Crippen LogP contribution in [0.5, 0.6) is 0 Å². The first-order valence-electron chi connectivity index (χ1n) is 3.63. The minimum atomic E-state index is -0.399. The summed E-state index contributed by atoms with van der Waals surface area (Å²) in [7, 11) is 1.60. The third kappa shape index (κ3) is 1.96. The van der Waals surface area contributed by atoms with E-state index in [1.54, 1.807) is 19.2 Å². The lowest BCUT2D eigenvalue weighted by molar-refractivity contribution is 0.119. The molecule has 1 rings (SSSR count). The summed E-state index contributed by atoms with van der Waals surface area (Å²) in [6.07, 6.45) is -0.0527. The largest absolute Gasteiger partial charge is 0.377 e. The van der Waals surface area contributed by atoms with Gasteiger partial charge in [0.05, 0.1) is 11.1 Å². The molecule has 1 atom stereocenters. The van der Waals surface area contributed by atoms with E-state index in [1.807, 2.05) is 6.92 Å². The van der Waals surface area contributed by atoms with E-state index in [1.165, 1.54) is 6.07 Å². The van der Waals surface area contributed by atoms with Gasteiger partial charge in [0.2, 0.25) is 0 Å². The van der Waals surface area contributed by atoms with Crippen molar-refractivity contribution in [2.45, 2.75) is 13.0 Å². The van der Waals surface area contributed by atoms with E-state index in [0.29, 0.717) is 0 Å². The highest BCUT2D eigenvalue weighted by atomic mass is 35.5.